The molecule has 0 fully saturated rings. The average molecular weight is 364 g/mol. The van der Waals surface area contributed by atoms with Crippen LogP contribution >= 0.6 is 17.0 Å². The first-order valence-electron chi connectivity index (χ1n) is 7.19. The predicted molar refractivity (Wildman–Crippen MR) is 88.4 cm³/mol. The summed E-state index contributed by atoms with van der Waals surface area (Å²) >= 11 is 0. The van der Waals surface area contributed by atoms with E-state index >= 15 is 0 Å². The van der Waals surface area contributed by atoms with Crippen molar-refractivity contribution in [3.8, 4) is 11.1 Å². The summed E-state index contributed by atoms with van der Waals surface area (Å²) in [5.74, 6) is 0. The van der Waals surface area contributed by atoms with Crippen LogP contribution in [0.25, 0.3) is 11.1 Å². The SMILES string of the molecule is Br.OC(O)(O)N1CCc2cccc3c2C1Cc1ccccc1-3. The van der Waals surface area contributed by atoms with Crippen molar-refractivity contribution in [2.75, 3.05) is 6.54 Å². The van der Waals surface area contributed by atoms with Gasteiger partial charge in [0, 0.05) is 12.6 Å². The molecule has 1 atom stereocenters. The Kier molecular flexibility index (Phi) is 3.87. The third kappa shape index (κ3) is 2.30. The van der Waals surface area contributed by atoms with Gasteiger partial charge in [0.05, 0.1) is 0 Å². The summed E-state index contributed by atoms with van der Waals surface area (Å²) in [5, 5.41) is 29.0. The van der Waals surface area contributed by atoms with E-state index in [1.165, 1.54) is 21.6 Å². The monoisotopic (exact) mass is 363 g/mol. The number of rotatable bonds is 1. The Morgan fingerprint density at radius 3 is 2.36 bits per heavy atom. The summed E-state index contributed by atoms with van der Waals surface area (Å²) in [6.45, 7) is 0.423. The number of aliphatic hydroxyl groups is 3. The molecule has 4 rings (SSSR count). The Bertz CT molecular complexity index is 711. The lowest BCUT2D eigenvalue weighted by Gasteiger charge is -2.44. The lowest BCUT2D eigenvalue weighted by atomic mass is 9.77. The minimum Gasteiger partial charge on any atom is -0.330 e. The highest BCUT2D eigenvalue weighted by Gasteiger charge is 2.42. The van der Waals surface area contributed by atoms with Crippen LogP contribution in [-0.4, -0.2) is 32.9 Å². The van der Waals surface area contributed by atoms with Crippen molar-refractivity contribution in [2.24, 2.45) is 0 Å². The average Bonchev–Trinajstić information content (AvgIpc) is 2.46. The zero-order chi connectivity index (χ0) is 14.6. The number of halogens is 1. The fourth-order valence-corrected chi connectivity index (χ4v) is 3.75. The van der Waals surface area contributed by atoms with E-state index in [2.05, 4.69) is 24.3 Å². The van der Waals surface area contributed by atoms with Gasteiger partial charge >= 0.3 is 6.10 Å². The highest BCUT2D eigenvalue weighted by atomic mass is 79.9. The van der Waals surface area contributed by atoms with E-state index in [9.17, 15) is 15.3 Å². The molecule has 0 radical (unpaired) electrons. The molecular formula is C17H18BrNO3. The van der Waals surface area contributed by atoms with Crippen LogP contribution in [0.4, 0.5) is 0 Å². The zero-order valence-electron chi connectivity index (χ0n) is 11.9. The van der Waals surface area contributed by atoms with E-state index in [-0.39, 0.29) is 23.0 Å². The highest BCUT2D eigenvalue weighted by Crippen LogP contribution is 2.45. The standard InChI is InChI=1S/C17H17NO3.BrH/c19-17(20,21)18-9-8-11-5-3-7-14-13-6-2-1-4-12(13)10-15(18)16(11)14;/h1-7,15,19-21H,8-10H2;1H. The van der Waals surface area contributed by atoms with Gasteiger partial charge in [-0.1, -0.05) is 42.5 Å². The van der Waals surface area contributed by atoms with E-state index in [0.717, 1.165) is 11.1 Å². The maximum absolute atomic E-state index is 9.67. The van der Waals surface area contributed by atoms with Gasteiger partial charge in [0.2, 0.25) is 0 Å². The quantitative estimate of drug-likeness (QED) is 0.678. The first kappa shape index (κ1) is 15.6. The topological polar surface area (TPSA) is 63.9 Å². The van der Waals surface area contributed by atoms with E-state index in [1.54, 1.807) is 0 Å². The molecule has 0 bridgehead atoms. The number of benzene rings is 2. The molecule has 2 aromatic rings. The second-order valence-corrected chi connectivity index (χ2v) is 5.80. The van der Waals surface area contributed by atoms with E-state index in [4.69, 9.17) is 0 Å². The summed E-state index contributed by atoms with van der Waals surface area (Å²) in [4.78, 5) is 1.37. The van der Waals surface area contributed by atoms with Crippen LogP contribution in [-0.2, 0) is 12.8 Å². The van der Waals surface area contributed by atoms with Crippen molar-refractivity contribution >= 4 is 17.0 Å². The molecule has 1 aliphatic heterocycles. The molecule has 0 spiro atoms. The predicted octanol–water partition coefficient (Wildman–Crippen LogP) is 1.97. The number of hydrogen-bond donors (Lipinski definition) is 3. The molecular weight excluding hydrogens is 346 g/mol. The minimum atomic E-state index is -2.78. The van der Waals surface area contributed by atoms with Gasteiger partial charge in [0.25, 0.3) is 0 Å². The van der Waals surface area contributed by atoms with Gasteiger partial charge in [0.15, 0.2) is 0 Å². The van der Waals surface area contributed by atoms with Gasteiger partial charge < -0.3 is 15.3 Å². The molecule has 116 valence electrons. The van der Waals surface area contributed by atoms with Crippen LogP contribution < -0.4 is 0 Å². The van der Waals surface area contributed by atoms with Crippen LogP contribution in [0, 0.1) is 0 Å². The summed E-state index contributed by atoms with van der Waals surface area (Å²) in [6, 6.07) is 14.2. The molecule has 0 saturated carbocycles. The van der Waals surface area contributed by atoms with E-state index in [1.807, 2.05) is 18.2 Å². The Labute approximate surface area is 139 Å². The molecule has 0 saturated heterocycles. The zero-order valence-corrected chi connectivity index (χ0v) is 13.7. The van der Waals surface area contributed by atoms with Crippen molar-refractivity contribution in [1.82, 2.24) is 4.90 Å². The third-order valence-electron chi connectivity index (χ3n) is 4.63. The fourth-order valence-electron chi connectivity index (χ4n) is 3.75. The molecule has 1 heterocycles. The van der Waals surface area contributed by atoms with Crippen molar-refractivity contribution < 1.29 is 15.3 Å². The van der Waals surface area contributed by atoms with Gasteiger partial charge in [-0.05, 0) is 40.7 Å². The largest absolute Gasteiger partial charge is 0.346 e. The van der Waals surface area contributed by atoms with Crippen molar-refractivity contribution in [2.45, 2.75) is 25.0 Å². The summed E-state index contributed by atoms with van der Waals surface area (Å²) in [5.41, 5.74) is 5.85. The molecule has 22 heavy (non-hydrogen) atoms. The van der Waals surface area contributed by atoms with E-state index in [0.29, 0.717) is 19.4 Å². The third-order valence-corrected chi connectivity index (χ3v) is 4.63. The molecule has 2 aliphatic rings. The molecule has 2 aromatic carbocycles. The maximum atomic E-state index is 9.67. The second-order valence-electron chi connectivity index (χ2n) is 5.80. The Morgan fingerprint density at radius 1 is 0.909 bits per heavy atom. The maximum Gasteiger partial charge on any atom is 0.346 e. The summed E-state index contributed by atoms with van der Waals surface area (Å²) < 4.78 is 0. The van der Waals surface area contributed by atoms with Crippen LogP contribution in [0.5, 0.6) is 0 Å². The highest BCUT2D eigenvalue weighted by molar-refractivity contribution is 8.93. The number of fused-ring (bicyclic) bond motifs is 2. The number of nitrogens with zero attached hydrogens (tertiary/aromatic N) is 1. The van der Waals surface area contributed by atoms with Crippen molar-refractivity contribution in [1.29, 1.82) is 0 Å². The fraction of sp³-hybridized carbons (Fsp3) is 0.294. The second kappa shape index (κ2) is 5.44. The van der Waals surface area contributed by atoms with Gasteiger partial charge in [-0.25, -0.2) is 4.90 Å². The van der Waals surface area contributed by atoms with Crippen molar-refractivity contribution in [3.05, 3.63) is 59.2 Å². The Balaban J connectivity index is 0.00000144. The lowest BCUT2D eigenvalue weighted by molar-refractivity contribution is -0.402. The van der Waals surface area contributed by atoms with Crippen LogP contribution in [0.2, 0.25) is 0 Å². The Morgan fingerprint density at radius 2 is 1.59 bits per heavy atom. The van der Waals surface area contributed by atoms with Gasteiger partial charge in [0.1, 0.15) is 0 Å². The smallest absolute Gasteiger partial charge is 0.330 e. The molecule has 1 unspecified atom stereocenters. The first-order chi connectivity index (χ1) is 10.1. The summed E-state index contributed by atoms with van der Waals surface area (Å²) in [7, 11) is 0. The van der Waals surface area contributed by atoms with Crippen LogP contribution in [0.3, 0.4) is 0 Å². The van der Waals surface area contributed by atoms with Crippen LogP contribution in [0.15, 0.2) is 42.5 Å². The minimum absolute atomic E-state index is 0. The molecule has 4 nitrogen and oxygen atoms in total. The molecule has 0 amide bonds. The van der Waals surface area contributed by atoms with Gasteiger partial charge in [-0.3, -0.25) is 0 Å². The normalized spacial score (nSPS) is 19.9. The number of hydrogen-bond acceptors (Lipinski definition) is 4. The van der Waals surface area contributed by atoms with Gasteiger partial charge in [-0.2, -0.15) is 0 Å². The first-order valence-corrected chi connectivity index (χ1v) is 7.19. The Hall–Kier alpha value is -1.24. The molecule has 5 heteroatoms. The molecule has 3 N–H and O–H groups in total. The summed E-state index contributed by atoms with van der Waals surface area (Å²) in [6.07, 6.45) is -1.41. The molecule has 1 aliphatic carbocycles. The van der Waals surface area contributed by atoms with Gasteiger partial charge in [-0.15, -0.1) is 17.0 Å². The molecule has 0 aromatic heterocycles. The van der Waals surface area contributed by atoms with E-state index < -0.39 is 6.10 Å². The van der Waals surface area contributed by atoms with Crippen molar-refractivity contribution in [3.63, 3.8) is 0 Å². The van der Waals surface area contributed by atoms with Crippen LogP contribution in [0.1, 0.15) is 22.7 Å². The lowest BCUT2D eigenvalue weighted by Crippen LogP contribution is -2.54.